The average molecular weight is 433 g/mol. The molecule has 0 aliphatic carbocycles. The molecule has 0 heterocycles. The minimum Gasteiger partial charge on any atom is -0.322 e. The van der Waals surface area contributed by atoms with Crippen molar-refractivity contribution in [1.29, 1.82) is 0 Å². The molecule has 0 fully saturated rings. The van der Waals surface area contributed by atoms with E-state index >= 15 is 0 Å². The molecule has 0 radical (unpaired) electrons. The summed E-state index contributed by atoms with van der Waals surface area (Å²) in [6.07, 6.45) is 0. The SMILES string of the molecule is Cc1cccc(NS(=O)(=O)c2cc(C(=O)Nc3ccc(F)cc3)ccc2Cl)c1C. The van der Waals surface area contributed by atoms with Gasteiger partial charge in [-0.25, -0.2) is 12.8 Å². The molecular formula is C21H18ClFN2O3S. The zero-order chi connectivity index (χ0) is 21.2. The zero-order valence-corrected chi connectivity index (χ0v) is 17.2. The lowest BCUT2D eigenvalue weighted by Crippen LogP contribution is -2.17. The van der Waals surface area contributed by atoms with Crippen LogP contribution in [0.3, 0.4) is 0 Å². The Morgan fingerprint density at radius 3 is 2.38 bits per heavy atom. The van der Waals surface area contributed by atoms with Crippen molar-refractivity contribution in [3.8, 4) is 0 Å². The Balaban J connectivity index is 1.90. The average Bonchev–Trinajstić information content (AvgIpc) is 2.67. The molecule has 0 unspecified atom stereocenters. The highest BCUT2D eigenvalue weighted by atomic mass is 35.5. The van der Waals surface area contributed by atoms with E-state index in [9.17, 15) is 17.6 Å². The van der Waals surface area contributed by atoms with E-state index in [4.69, 9.17) is 11.6 Å². The van der Waals surface area contributed by atoms with Gasteiger partial charge in [0.15, 0.2) is 0 Å². The number of benzene rings is 3. The molecule has 3 rings (SSSR count). The first kappa shape index (κ1) is 20.8. The van der Waals surface area contributed by atoms with Crippen molar-refractivity contribution >= 4 is 38.9 Å². The lowest BCUT2D eigenvalue weighted by atomic mass is 10.1. The number of hydrogen-bond acceptors (Lipinski definition) is 3. The predicted molar refractivity (Wildman–Crippen MR) is 113 cm³/mol. The number of amides is 1. The topological polar surface area (TPSA) is 75.3 Å². The van der Waals surface area contributed by atoms with Crippen LogP contribution in [0.2, 0.25) is 5.02 Å². The summed E-state index contributed by atoms with van der Waals surface area (Å²) in [4.78, 5) is 12.3. The van der Waals surface area contributed by atoms with Gasteiger partial charge in [0.2, 0.25) is 0 Å². The molecule has 0 aliphatic rings. The van der Waals surface area contributed by atoms with Crippen LogP contribution in [-0.2, 0) is 10.0 Å². The minimum absolute atomic E-state index is 0.0128. The maximum absolute atomic E-state index is 13.0. The quantitative estimate of drug-likeness (QED) is 0.585. The summed E-state index contributed by atoms with van der Waals surface area (Å²) < 4.78 is 41.3. The van der Waals surface area contributed by atoms with Crippen LogP contribution < -0.4 is 10.0 Å². The molecule has 8 heteroatoms. The van der Waals surface area contributed by atoms with Crippen molar-refractivity contribution in [2.45, 2.75) is 18.7 Å². The van der Waals surface area contributed by atoms with Crippen LogP contribution in [0, 0.1) is 19.7 Å². The van der Waals surface area contributed by atoms with E-state index in [2.05, 4.69) is 10.0 Å². The summed E-state index contributed by atoms with van der Waals surface area (Å²) in [5.41, 5.74) is 2.63. The van der Waals surface area contributed by atoms with E-state index < -0.39 is 21.7 Å². The van der Waals surface area contributed by atoms with Crippen LogP contribution in [-0.4, -0.2) is 14.3 Å². The van der Waals surface area contributed by atoms with Gasteiger partial charge in [-0.15, -0.1) is 0 Å². The van der Waals surface area contributed by atoms with Gasteiger partial charge in [0.05, 0.1) is 10.7 Å². The van der Waals surface area contributed by atoms with Crippen LogP contribution in [0.5, 0.6) is 0 Å². The fraction of sp³-hybridized carbons (Fsp3) is 0.0952. The number of rotatable bonds is 5. The summed E-state index contributed by atoms with van der Waals surface area (Å²) >= 11 is 6.11. The van der Waals surface area contributed by atoms with Crippen molar-refractivity contribution in [3.05, 3.63) is 88.2 Å². The molecular weight excluding hydrogens is 415 g/mol. The number of carbonyl (C=O) groups is 1. The van der Waals surface area contributed by atoms with Gasteiger partial charge in [-0.3, -0.25) is 9.52 Å². The molecule has 0 spiro atoms. The molecule has 3 aromatic rings. The number of hydrogen-bond donors (Lipinski definition) is 2. The molecule has 5 nitrogen and oxygen atoms in total. The van der Waals surface area contributed by atoms with Gasteiger partial charge in [0.25, 0.3) is 15.9 Å². The van der Waals surface area contributed by atoms with Crippen LogP contribution in [0.15, 0.2) is 65.6 Å². The van der Waals surface area contributed by atoms with E-state index in [0.29, 0.717) is 11.4 Å². The number of halogens is 2. The molecule has 1 amide bonds. The second kappa shape index (κ2) is 8.23. The third-order valence-corrected chi connectivity index (χ3v) is 6.28. The Labute approximate surface area is 173 Å². The molecule has 0 bridgehead atoms. The van der Waals surface area contributed by atoms with E-state index in [1.165, 1.54) is 42.5 Å². The highest BCUT2D eigenvalue weighted by Crippen LogP contribution is 2.27. The molecule has 0 saturated heterocycles. The van der Waals surface area contributed by atoms with E-state index in [-0.39, 0.29) is 15.5 Å². The molecule has 0 saturated carbocycles. The van der Waals surface area contributed by atoms with Crippen molar-refractivity contribution in [2.24, 2.45) is 0 Å². The maximum atomic E-state index is 13.0. The molecule has 29 heavy (non-hydrogen) atoms. The van der Waals surface area contributed by atoms with Gasteiger partial charge < -0.3 is 5.32 Å². The summed E-state index contributed by atoms with van der Waals surface area (Å²) in [7, 11) is -4.03. The second-order valence-corrected chi connectivity index (χ2v) is 8.52. The smallest absolute Gasteiger partial charge is 0.263 e. The first-order valence-electron chi connectivity index (χ1n) is 8.63. The number of aryl methyl sites for hydroxylation is 1. The van der Waals surface area contributed by atoms with E-state index in [1.54, 1.807) is 19.1 Å². The molecule has 0 aromatic heterocycles. The summed E-state index contributed by atoms with van der Waals surface area (Å²) in [6.45, 7) is 3.68. The normalized spacial score (nSPS) is 11.2. The third-order valence-electron chi connectivity index (χ3n) is 4.43. The predicted octanol–water partition coefficient (Wildman–Crippen LogP) is 5.15. The Morgan fingerprint density at radius 2 is 1.69 bits per heavy atom. The summed E-state index contributed by atoms with van der Waals surface area (Å²) in [6, 6.07) is 14.5. The third kappa shape index (κ3) is 4.75. The molecule has 0 aliphatic heterocycles. The Morgan fingerprint density at radius 1 is 1.00 bits per heavy atom. The highest BCUT2D eigenvalue weighted by molar-refractivity contribution is 7.92. The summed E-state index contributed by atoms with van der Waals surface area (Å²) in [5, 5.41) is 2.57. The molecule has 150 valence electrons. The zero-order valence-electron chi connectivity index (χ0n) is 15.7. The number of carbonyl (C=O) groups excluding carboxylic acids is 1. The lowest BCUT2D eigenvalue weighted by Gasteiger charge is -2.14. The molecule has 2 N–H and O–H groups in total. The van der Waals surface area contributed by atoms with Crippen LogP contribution >= 0.6 is 11.6 Å². The molecule has 3 aromatic carbocycles. The maximum Gasteiger partial charge on any atom is 0.263 e. The van der Waals surface area contributed by atoms with Gasteiger partial charge in [0.1, 0.15) is 10.7 Å². The van der Waals surface area contributed by atoms with Crippen LogP contribution in [0.25, 0.3) is 0 Å². The lowest BCUT2D eigenvalue weighted by molar-refractivity contribution is 0.102. The molecule has 0 atom stereocenters. The van der Waals surface area contributed by atoms with Gasteiger partial charge >= 0.3 is 0 Å². The van der Waals surface area contributed by atoms with Gasteiger partial charge in [-0.2, -0.15) is 0 Å². The second-order valence-electron chi connectivity index (χ2n) is 6.46. The largest absolute Gasteiger partial charge is 0.322 e. The van der Waals surface area contributed by atoms with Crippen molar-refractivity contribution in [2.75, 3.05) is 10.0 Å². The fourth-order valence-electron chi connectivity index (χ4n) is 2.65. The Hall–Kier alpha value is -2.90. The van der Waals surface area contributed by atoms with Gasteiger partial charge in [-0.1, -0.05) is 23.7 Å². The first-order valence-corrected chi connectivity index (χ1v) is 10.5. The Bertz CT molecular complexity index is 1180. The Kier molecular flexibility index (Phi) is 5.91. The summed E-state index contributed by atoms with van der Waals surface area (Å²) in [5.74, 6) is -0.975. The van der Waals surface area contributed by atoms with E-state index in [1.807, 2.05) is 13.0 Å². The van der Waals surface area contributed by atoms with Gasteiger partial charge in [-0.05, 0) is 73.5 Å². The van der Waals surface area contributed by atoms with Crippen molar-refractivity contribution in [3.63, 3.8) is 0 Å². The minimum atomic E-state index is -4.03. The number of nitrogens with one attached hydrogen (secondary N) is 2. The highest BCUT2D eigenvalue weighted by Gasteiger charge is 2.21. The van der Waals surface area contributed by atoms with E-state index in [0.717, 1.165) is 11.1 Å². The fourth-order valence-corrected chi connectivity index (χ4v) is 4.30. The van der Waals surface area contributed by atoms with Gasteiger partial charge in [0, 0.05) is 11.3 Å². The van der Waals surface area contributed by atoms with Crippen LogP contribution in [0.4, 0.5) is 15.8 Å². The van der Waals surface area contributed by atoms with Crippen molar-refractivity contribution < 1.29 is 17.6 Å². The monoisotopic (exact) mass is 432 g/mol. The first-order chi connectivity index (χ1) is 13.7. The number of sulfonamides is 1. The van der Waals surface area contributed by atoms with Crippen molar-refractivity contribution in [1.82, 2.24) is 0 Å². The number of anilines is 2. The van der Waals surface area contributed by atoms with Crippen LogP contribution in [0.1, 0.15) is 21.5 Å². The standard InChI is InChI=1S/C21H18ClFN2O3S/c1-13-4-3-5-19(14(13)2)25-29(27,28)20-12-15(6-11-18(20)22)21(26)24-17-9-7-16(23)8-10-17/h3-12,25H,1-2H3,(H,24,26).